The van der Waals surface area contributed by atoms with Gasteiger partial charge in [-0.05, 0) is 38.6 Å². The lowest BCUT2D eigenvalue weighted by Gasteiger charge is -2.32. The molecule has 0 aromatic rings. The molecule has 0 aromatic carbocycles. The standard InChI is InChI=1S/C13H26N2O2/c1-4-6-10(3)17-9-13(12(14)16,15-5-2)11-7-8-11/h10-11,15H,4-9H2,1-3H3,(H2,14,16). The summed E-state index contributed by atoms with van der Waals surface area (Å²) >= 11 is 0. The first-order valence-electron chi connectivity index (χ1n) is 6.73. The summed E-state index contributed by atoms with van der Waals surface area (Å²) in [5.74, 6) is 0.0827. The van der Waals surface area contributed by atoms with Gasteiger partial charge >= 0.3 is 0 Å². The highest BCUT2D eigenvalue weighted by molar-refractivity contribution is 5.85. The number of likely N-dealkylation sites (N-methyl/N-ethyl adjacent to an activating group) is 1. The molecule has 0 aliphatic heterocycles. The van der Waals surface area contributed by atoms with E-state index in [9.17, 15) is 4.79 Å². The molecule has 1 rings (SSSR count). The molecule has 0 radical (unpaired) electrons. The predicted octanol–water partition coefficient (Wildman–Crippen LogP) is 1.44. The maximum atomic E-state index is 11.7. The lowest BCUT2D eigenvalue weighted by molar-refractivity contribution is -0.129. The number of amides is 1. The largest absolute Gasteiger partial charge is 0.376 e. The molecule has 0 aromatic heterocycles. The fraction of sp³-hybridized carbons (Fsp3) is 0.923. The Morgan fingerprint density at radius 1 is 1.53 bits per heavy atom. The highest BCUT2D eigenvalue weighted by Gasteiger charge is 2.49. The highest BCUT2D eigenvalue weighted by Crippen LogP contribution is 2.40. The highest BCUT2D eigenvalue weighted by atomic mass is 16.5. The van der Waals surface area contributed by atoms with Crippen LogP contribution in [-0.2, 0) is 9.53 Å². The maximum Gasteiger partial charge on any atom is 0.240 e. The van der Waals surface area contributed by atoms with E-state index in [4.69, 9.17) is 10.5 Å². The van der Waals surface area contributed by atoms with Gasteiger partial charge in [0.2, 0.25) is 5.91 Å². The third kappa shape index (κ3) is 3.68. The number of carbonyl (C=O) groups is 1. The van der Waals surface area contributed by atoms with Gasteiger partial charge < -0.3 is 15.8 Å². The molecule has 1 amide bonds. The Balaban J connectivity index is 2.59. The number of nitrogens with two attached hydrogens (primary N) is 1. The summed E-state index contributed by atoms with van der Waals surface area (Å²) in [5.41, 5.74) is 4.94. The van der Waals surface area contributed by atoms with Crippen molar-refractivity contribution in [2.75, 3.05) is 13.2 Å². The van der Waals surface area contributed by atoms with E-state index >= 15 is 0 Å². The topological polar surface area (TPSA) is 64.3 Å². The second kappa shape index (κ2) is 6.36. The Bertz CT molecular complexity index is 254. The fourth-order valence-electron chi connectivity index (χ4n) is 2.33. The number of rotatable bonds is 9. The quantitative estimate of drug-likeness (QED) is 0.643. The van der Waals surface area contributed by atoms with Crippen molar-refractivity contribution in [2.24, 2.45) is 11.7 Å². The van der Waals surface area contributed by atoms with Gasteiger partial charge in [-0.15, -0.1) is 0 Å². The number of nitrogens with one attached hydrogen (secondary N) is 1. The molecule has 0 spiro atoms. The van der Waals surface area contributed by atoms with Gasteiger partial charge in [-0.3, -0.25) is 4.79 Å². The van der Waals surface area contributed by atoms with Gasteiger partial charge in [0.15, 0.2) is 0 Å². The first-order valence-corrected chi connectivity index (χ1v) is 6.73. The lowest BCUT2D eigenvalue weighted by atomic mass is 9.93. The van der Waals surface area contributed by atoms with Crippen molar-refractivity contribution in [1.29, 1.82) is 0 Å². The number of hydrogen-bond acceptors (Lipinski definition) is 3. The molecule has 17 heavy (non-hydrogen) atoms. The molecule has 1 saturated carbocycles. The molecule has 2 atom stereocenters. The molecule has 4 heteroatoms. The van der Waals surface area contributed by atoms with Crippen LogP contribution in [0.3, 0.4) is 0 Å². The zero-order chi connectivity index (χ0) is 12.9. The number of hydrogen-bond donors (Lipinski definition) is 2. The van der Waals surface area contributed by atoms with E-state index in [1.54, 1.807) is 0 Å². The fourth-order valence-corrected chi connectivity index (χ4v) is 2.33. The Kier molecular flexibility index (Phi) is 5.40. The normalized spacial score (nSPS) is 20.9. The molecular formula is C13H26N2O2. The van der Waals surface area contributed by atoms with Crippen LogP contribution < -0.4 is 11.1 Å². The maximum absolute atomic E-state index is 11.7. The van der Waals surface area contributed by atoms with E-state index < -0.39 is 5.54 Å². The minimum Gasteiger partial charge on any atom is -0.376 e. The Morgan fingerprint density at radius 3 is 2.59 bits per heavy atom. The Hall–Kier alpha value is -0.610. The van der Waals surface area contributed by atoms with Gasteiger partial charge in [-0.1, -0.05) is 20.3 Å². The van der Waals surface area contributed by atoms with Crippen LogP contribution in [0.5, 0.6) is 0 Å². The van der Waals surface area contributed by atoms with Gasteiger partial charge in [-0.25, -0.2) is 0 Å². The van der Waals surface area contributed by atoms with Gasteiger partial charge in [-0.2, -0.15) is 0 Å². The van der Waals surface area contributed by atoms with Gasteiger partial charge in [0.05, 0.1) is 12.7 Å². The first kappa shape index (κ1) is 14.5. The van der Waals surface area contributed by atoms with Crippen molar-refractivity contribution in [2.45, 2.75) is 58.1 Å². The molecule has 2 unspecified atom stereocenters. The van der Waals surface area contributed by atoms with E-state index in [1.807, 2.05) is 13.8 Å². The minimum atomic E-state index is -0.642. The van der Waals surface area contributed by atoms with E-state index in [1.165, 1.54) is 0 Å². The molecule has 0 bridgehead atoms. The SMILES string of the molecule is CCCC(C)OCC(NCC)(C(N)=O)C1CC1. The van der Waals surface area contributed by atoms with Gasteiger partial charge in [0, 0.05) is 0 Å². The number of carbonyl (C=O) groups excluding carboxylic acids is 1. The molecule has 4 nitrogen and oxygen atoms in total. The molecule has 0 heterocycles. The minimum absolute atomic E-state index is 0.191. The average molecular weight is 242 g/mol. The van der Waals surface area contributed by atoms with E-state index in [-0.39, 0.29) is 12.0 Å². The van der Waals surface area contributed by atoms with Crippen LogP contribution in [0.25, 0.3) is 0 Å². The lowest BCUT2D eigenvalue weighted by Crippen LogP contribution is -2.60. The second-order valence-corrected chi connectivity index (χ2v) is 5.05. The van der Waals surface area contributed by atoms with E-state index in [0.717, 1.165) is 32.2 Å². The van der Waals surface area contributed by atoms with Crippen LogP contribution in [0, 0.1) is 5.92 Å². The van der Waals surface area contributed by atoms with Crippen LogP contribution >= 0.6 is 0 Å². The third-order valence-corrected chi connectivity index (χ3v) is 3.50. The molecular weight excluding hydrogens is 216 g/mol. The third-order valence-electron chi connectivity index (χ3n) is 3.50. The zero-order valence-corrected chi connectivity index (χ0v) is 11.3. The van der Waals surface area contributed by atoms with E-state index in [2.05, 4.69) is 12.2 Å². The summed E-state index contributed by atoms with van der Waals surface area (Å²) in [4.78, 5) is 11.7. The first-order chi connectivity index (χ1) is 8.06. The zero-order valence-electron chi connectivity index (χ0n) is 11.3. The van der Waals surface area contributed by atoms with Crippen LogP contribution in [0.1, 0.15) is 46.5 Å². The predicted molar refractivity (Wildman–Crippen MR) is 68.6 cm³/mol. The van der Waals surface area contributed by atoms with Crippen LogP contribution in [0.4, 0.5) is 0 Å². The van der Waals surface area contributed by atoms with Crippen LogP contribution in [0.2, 0.25) is 0 Å². The Morgan fingerprint density at radius 2 is 2.18 bits per heavy atom. The van der Waals surface area contributed by atoms with Crippen molar-refractivity contribution in [3.8, 4) is 0 Å². The summed E-state index contributed by atoms with van der Waals surface area (Å²) in [7, 11) is 0. The molecule has 1 aliphatic rings. The monoisotopic (exact) mass is 242 g/mol. The van der Waals surface area contributed by atoms with E-state index in [0.29, 0.717) is 12.5 Å². The van der Waals surface area contributed by atoms with Crippen molar-refractivity contribution in [3.05, 3.63) is 0 Å². The molecule has 1 aliphatic carbocycles. The Labute approximate surface area is 104 Å². The molecule has 3 N–H and O–H groups in total. The van der Waals surface area contributed by atoms with Crippen LogP contribution in [0.15, 0.2) is 0 Å². The molecule has 0 saturated heterocycles. The number of primary amides is 1. The molecule has 100 valence electrons. The summed E-state index contributed by atoms with van der Waals surface area (Å²) < 4.78 is 5.80. The summed E-state index contributed by atoms with van der Waals surface area (Å²) in [5, 5.41) is 3.26. The summed E-state index contributed by atoms with van der Waals surface area (Å²) in [6, 6.07) is 0. The molecule has 1 fully saturated rings. The van der Waals surface area contributed by atoms with Crippen molar-refractivity contribution in [1.82, 2.24) is 5.32 Å². The summed E-state index contributed by atoms with van der Waals surface area (Å²) in [6.07, 6.45) is 4.44. The van der Waals surface area contributed by atoms with Gasteiger partial charge in [0.25, 0.3) is 0 Å². The van der Waals surface area contributed by atoms with Gasteiger partial charge in [0.1, 0.15) is 5.54 Å². The van der Waals surface area contributed by atoms with Crippen molar-refractivity contribution < 1.29 is 9.53 Å². The van der Waals surface area contributed by atoms with Crippen molar-refractivity contribution in [3.63, 3.8) is 0 Å². The average Bonchev–Trinajstić information content (AvgIpc) is 3.08. The van der Waals surface area contributed by atoms with Crippen molar-refractivity contribution >= 4 is 5.91 Å². The smallest absolute Gasteiger partial charge is 0.240 e. The summed E-state index contributed by atoms with van der Waals surface area (Å²) in [6.45, 7) is 7.32. The van der Waals surface area contributed by atoms with Crippen LogP contribution in [-0.4, -0.2) is 30.7 Å². The number of ether oxygens (including phenoxy) is 1. The second-order valence-electron chi connectivity index (χ2n) is 5.05.